The molecule has 0 unspecified atom stereocenters. The van der Waals surface area contributed by atoms with Crippen molar-refractivity contribution in [3.63, 3.8) is 0 Å². The summed E-state index contributed by atoms with van der Waals surface area (Å²) < 4.78 is 0. The summed E-state index contributed by atoms with van der Waals surface area (Å²) in [7, 11) is 0. The van der Waals surface area contributed by atoms with Crippen LogP contribution in [0.25, 0.3) is 0 Å². The predicted molar refractivity (Wildman–Crippen MR) is 88.7 cm³/mol. The van der Waals surface area contributed by atoms with Gasteiger partial charge in [0.2, 0.25) is 11.8 Å². The Bertz CT molecular complexity index is 577. The Labute approximate surface area is 135 Å². The number of rotatable bonds is 8. The van der Waals surface area contributed by atoms with Gasteiger partial charge in [-0.1, -0.05) is 13.2 Å². The Morgan fingerprint density at radius 1 is 0.783 bits per heavy atom. The summed E-state index contributed by atoms with van der Waals surface area (Å²) in [6.45, 7) is 11.6. The highest BCUT2D eigenvalue weighted by atomic mass is 16.2. The molecule has 0 radical (unpaired) electrons. The van der Waals surface area contributed by atoms with E-state index in [-0.39, 0.29) is 17.1 Å². The minimum atomic E-state index is -0.628. The zero-order valence-electron chi connectivity index (χ0n) is 13.6. The quantitative estimate of drug-likeness (QED) is 0.653. The van der Waals surface area contributed by atoms with Crippen LogP contribution in [0.5, 0.6) is 0 Å². The largest absolute Gasteiger partial charge is 0.366 e. The highest BCUT2D eigenvalue weighted by Gasteiger charge is 2.11. The molecule has 0 heterocycles. The first-order chi connectivity index (χ1) is 10.6. The van der Waals surface area contributed by atoms with Crippen molar-refractivity contribution in [3.8, 4) is 0 Å². The normalized spacial score (nSPS) is 12.4. The van der Waals surface area contributed by atoms with Crippen LogP contribution < -0.4 is 11.5 Å². The molecule has 124 valence electrons. The highest BCUT2D eigenvalue weighted by Crippen LogP contribution is 2.09. The lowest BCUT2D eigenvalue weighted by Crippen LogP contribution is -2.22. The van der Waals surface area contributed by atoms with E-state index in [0.29, 0.717) is 5.57 Å². The lowest BCUT2D eigenvalue weighted by Gasteiger charge is -2.17. The van der Waals surface area contributed by atoms with Crippen LogP contribution in [0.3, 0.4) is 0 Å². The van der Waals surface area contributed by atoms with Crippen LogP contribution >= 0.6 is 0 Å². The molecule has 7 nitrogen and oxygen atoms in total. The van der Waals surface area contributed by atoms with E-state index >= 15 is 0 Å². The van der Waals surface area contributed by atoms with Crippen LogP contribution in [0.2, 0.25) is 0 Å². The van der Waals surface area contributed by atoms with Gasteiger partial charge in [0.1, 0.15) is 0 Å². The minimum absolute atomic E-state index is 0.235. The van der Waals surface area contributed by atoms with Crippen molar-refractivity contribution < 1.29 is 14.4 Å². The monoisotopic (exact) mass is 318 g/mol. The summed E-state index contributed by atoms with van der Waals surface area (Å²) in [6, 6.07) is 0. The first-order valence-electron chi connectivity index (χ1n) is 6.64. The van der Waals surface area contributed by atoms with Crippen molar-refractivity contribution >= 4 is 17.7 Å². The molecule has 0 aliphatic heterocycles. The zero-order valence-corrected chi connectivity index (χ0v) is 13.6. The Balaban J connectivity index is 5.78. The third-order valence-corrected chi connectivity index (χ3v) is 2.77. The van der Waals surface area contributed by atoms with Gasteiger partial charge in [-0.25, -0.2) is 0 Å². The van der Waals surface area contributed by atoms with Gasteiger partial charge in [-0.15, -0.1) is 0 Å². The molecule has 0 saturated heterocycles. The molecule has 3 amide bonds. The summed E-state index contributed by atoms with van der Waals surface area (Å²) in [5.41, 5.74) is 11.2. The van der Waals surface area contributed by atoms with Gasteiger partial charge in [-0.2, -0.15) is 0 Å². The Hall–Kier alpha value is -3.09. The average molecular weight is 318 g/mol. The SMILES string of the molecule is C=CN(C=C)C(=O)C(C)=CN(C=C(C)C(N)=O)C=C(C)C(N)=O. The van der Waals surface area contributed by atoms with Gasteiger partial charge >= 0.3 is 0 Å². The first-order valence-corrected chi connectivity index (χ1v) is 6.64. The number of amides is 3. The van der Waals surface area contributed by atoms with Crippen molar-refractivity contribution in [1.82, 2.24) is 9.80 Å². The summed E-state index contributed by atoms with van der Waals surface area (Å²) >= 11 is 0. The molecule has 0 aliphatic rings. The summed E-state index contributed by atoms with van der Waals surface area (Å²) in [5, 5.41) is 0. The molecule has 0 spiro atoms. The summed E-state index contributed by atoms with van der Waals surface area (Å²) in [5.74, 6) is -1.62. The molecule has 0 aromatic heterocycles. The second-order valence-corrected chi connectivity index (χ2v) is 4.69. The number of hydrogen-bond acceptors (Lipinski definition) is 4. The molecular formula is C16H22N4O3. The Morgan fingerprint density at radius 3 is 1.43 bits per heavy atom. The fourth-order valence-electron chi connectivity index (χ4n) is 1.41. The Morgan fingerprint density at radius 2 is 1.13 bits per heavy atom. The van der Waals surface area contributed by atoms with E-state index in [9.17, 15) is 14.4 Å². The number of carbonyl (C=O) groups is 3. The third kappa shape index (κ3) is 6.47. The molecular weight excluding hydrogens is 296 g/mol. The van der Waals surface area contributed by atoms with Gasteiger partial charge in [0.05, 0.1) is 0 Å². The van der Waals surface area contributed by atoms with Gasteiger partial charge in [0.25, 0.3) is 5.91 Å². The van der Waals surface area contributed by atoms with Crippen LogP contribution in [0, 0.1) is 0 Å². The third-order valence-electron chi connectivity index (χ3n) is 2.77. The van der Waals surface area contributed by atoms with E-state index in [2.05, 4.69) is 13.2 Å². The molecule has 4 N–H and O–H groups in total. The maximum atomic E-state index is 12.1. The van der Waals surface area contributed by atoms with Crippen LogP contribution in [-0.4, -0.2) is 27.5 Å². The molecule has 0 bridgehead atoms. The molecule has 0 atom stereocenters. The fraction of sp³-hybridized carbons (Fsp3) is 0.188. The summed E-state index contributed by atoms with van der Waals surface area (Å²) in [4.78, 5) is 37.0. The number of nitrogens with zero attached hydrogens (tertiary/aromatic N) is 2. The Kier molecular flexibility index (Phi) is 7.82. The van der Waals surface area contributed by atoms with E-state index < -0.39 is 11.8 Å². The molecule has 0 saturated carbocycles. The van der Waals surface area contributed by atoms with E-state index in [1.54, 1.807) is 6.92 Å². The van der Waals surface area contributed by atoms with Gasteiger partial charge in [-0.3, -0.25) is 19.3 Å². The van der Waals surface area contributed by atoms with Crippen LogP contribution in [0.15, 0.2) is 60.9 Å². The number of primary amides is 2. The van der Waals surface area contributed by atoms with Gasteiger partial charge < -0.3 is 16.4 Å². The maximum absolute atomic E-state index is 12.1. The molecule has 0 rings (SSSR count). The van der Waals surface area contributed by atoms with Crippen LogP contribution in [0.1, 0.15) is 20.8 Å². The van der Waals surface area contributed by atoms with Crippen LogP contribution in [-0.2, 0) is 14.4 Å². The lowest BCUT2D eigenvalue weighted by atomic mass is 10.2. The molecule has 0 aromatic rings. The lowest BCUT2D eigenvalue weighted by molar-refractivity contribution is -0.122. The van der Waals surface area contributed by atoms with Crippen molar-refractivity contribution in [2.45, 2.75) is 20.8 Å². The van der Waals surface area contributed by atoms with E-state index in [1.807, 2.05) is 0 Å². The fourth-order valence-corrected chi connectivity index (χ4v) is 1.41. The number of hydrogen-bond donors (Lipinski definition) is 2. The molecule has 0 fully saturated rings. The van der Waals surface area contributed by atoms with Crippen molar-refractivity contribution in [3.05, 3.63) is 60.9 Å². The first kappa shape index (κ1) is 19.9. The second-order valence-electron chi connectivity index (χ2n) is 4.69. The minimum Gasteiger partial charge on any atom is -0.366 e. The van der Waals surface area contributed by atoms with Crippen LogP contribution in [0.4, 0.5) is 0 Å². The molecule has 0 aliphatic carbocycles. The van der Waals surface area contributed by atoms with Crippen molar-refractivity contribution in [2.75, 3.05) is 0 Å². The average Bonchev–Trinajstić information content (AvgIpc) is 2.47. The highest BCUT2D eigenvalue weighted by molar-refractivity contribution is 5.94. The molecule has 7 heteroatoms. The molecule has 23 heavy (non-hydrogen) atoms. The number of carbonyl (C=O) groups excluding carboxylic acids is 3. The van der Waals surface area contributed by atoms with Crippen molar-refractivity contribution in [1.29, 1.82) is 0 Å². The zero-order chi connectivity index (χ0) is 18.2. The predicted octanol–water partition coefficient (Wildman–Crippen LogP) is 1.09. The topological polar surface area (TPSA) is 110 Å². The smallest absolute Gasteiger partial charge is 0.258 e. The van der Waals surface area contributed by atoms with Gasteiger partial charge in [-0.05, 0) is 20.8 Å². The van der Waals surface area contributed by atoms with Crippen molar-refractivity contribution in [2.24, 2.45) is 11.5 Å². The molecule has 0 aromatic carbocycles. The number of nitrogens with two attached hydrogens (primary N) is 2. The van der Waals surface area contributed by atoms with E-state index in [1.165, 1.54) is 54.6 Å². The standard InChI is InChI=1S/C16H22N4O3/c1-6-20(7-2)16(23)13(5)10-19(8-11(3)14(17)21)9-12(4)15(18)22/h6-10H,1-2H2,3-5H3,(H2,17,21)(H2,18,22). The summed E-state index contributed by atoms with van der Waals surface area (Å²) in [6.07, 6.45) is 6.83. The second kappa shape index (κ2) is 9.04. The van der Waals surface area contributed by atoms with Gasteiger partial charge in [0, 0.05) is 47.7 Å². The maximum Gasteiger partial charge on any atom is 0.258 e. The van der Waals surface area contributed by atoms with Gasteiger partial charge in [0.15, 0.2) is 0 Å². The van der Waals surface area contributed by atoms with E-state index in [0.717, 1.165) is 0 Å². The van der Waals surface area contributed by atoms with E-state index in [4.69, 9.17) is 11.5 Å².